The maximum absolute atomic E-state index is 11.8. The smallest absolute Gasteiger partial charge is 0.235 e. The van der Waals surface area contributed by atoms with Crippen molar-refractivity contribution in [3.8, 4) is 5.75 Å². The molecule has 0 radical (unpaired) electrons. The minimum atomic E-state index is -0.0901. The van der Waals surface area contributed by atoms with Crippen LogP contribution in [0.4, 0.5) is 5.82 Å². The number of carbonyl (C=O) groups excluding carboxylic acids is 1. The molecule has 0 aliphatic rings. The van der Waals surface area contributed by atoms with E-state index < -0.39 is 0 Å². The van der Waals surface area contributed by atoms with Gasteiger partial charge in [-0.1, -0.05) is 6.07 Å². The van der Waals surface area contributed by atoms with Gasteiger partial charge in [0.2, 0.25) is 5.91 Å². The zero-order chi connectivity index (χ0) is 14.4. The van der Waals surface area contributed by atoms with Gasteiger partial charge in [0.25, 0.3) is 0 Å². The molecule has 0 spiro atoms. The Morgan fingerprint density at radius 2 is 2.25 bits per heavy atom. The van der Waals surface area contributed by atoms with Crippen LogP contribution in [0.3, 0.4) is 0 Å². The molecule has 1 aromatic carbocycles. The lowest BCUT2D eigenvalue weighted by molar-refractivity contribution is -0.113. The molecular formula is C14H13BrN2O2S. The number of hydrogen-bond donors (Lipinski definition) is 1. The van der Waals surface area contributed by atoms with Gasteiger partial charge in [-0.15, -0.1) is 11.8 Å². The topological polar surface area (TPSA) is 51.2 Å². The normalized spacial score (nSPS) is 10.1. The summed E-state index contributed by atoms with van der Waals surface area (Å²) in [5, 5.41) is 2.75. The fraction of sp³-hybridized carbons (Fsp3) is 0.143. The van der Waals surface area contributed by atoms with Crippen LogP contribution in [0, 0.1) is 0 Å². The second kappa shape index (κ2) is 7.31. The average molecular weight is 353 g/mol. The highest BCUT2D eigenvalue weighted by Crippen LogP contribution is 2.22. The first-order valence-corrected chi connectivity index (χ1v) is 7.63. The van der Waals surface area contributed by atoms with Crippen LogP contribution in [-0.2, 0) is 4.79 Å². The van der Waals surface area contributed by atoms with Gasteiger partial charge in [0, 0.05) is 15.6 Å². The maximum Gasteiger partial charge on any atom is 0.235 e. The highest BCUT2D eigenvalue weighted by Gasteiger charge is 2.05. The first kappa shape index (κ1) is 14.9. The molecule has 1 amide bonds. The van der Waals surface area contributed by atoms with Gasteiger partial charge < -0.3 is 10.1 Å². The lowest BCUT2D eigenvalue weighted by Gasteiger charge is -2.05. The maximum atomic E-state index is 11.8. The molecule has 20 heavy (non-hydrogen) atoms. The molecule has 6 heteroatoms. The molecule has 0 saturated carbocycles. The first-order valence-electron chi connectivity index (χ1n) is 5.85. The Bertz CT molecular complexity index is 590. The van der Waals surface area contributed by atoms with Crippen molar-refractivity contribution in [2.75, 3.05) is 18.2 Å². The Morgan fingerprint density at radius 1 is 1.40 bits per heavy atom. The number of aromatic nitrogens is 1. The van der Waals surface area contributed by atoms with E-state index in [9.17, 15) is 4.79 Å². The summed E-state index contributed by atoms with van der Waals surface area (Å²) in [6.45, 7) is 0. The number of benzene rings is 1. The van der Waals surface area contributed by atoms with E-state index in [0.29, 0.717) is 11.6 Å². The number of carbonyl (C=O) groups is 1. The number of ether oxygens (including phenoxy) is 1. The fourth-order valence-electron chi connectivity index (χ4n) is 1.47. The number of amides is 1. The predicted octanol–water partition coefficient (Wildman–Crippen LogP) is 3.58. The van der Waals surface area contributed by atoms with Crippen LogP contribution < -0.4 is 10.1 Å². The van der Waals surface area contributed by atoms with E-state index >= 15 is 0 Å². The van der Waals surface area contributed by atoms with Gasteiger partial charge in [-0.05, 0) is 46.3 Å². The Hall–Kier alpha value is -1.53. The second-order valence-corrected chi connectivity index (χ2v) is 5.84. The zero-order valence-corrected chi connectivity index (χ0v) is 13.2. The summed E-state index contributed by atoms with van der Waals surface area (Å²) in [4.78, 5) is 16.9. The highest BCUT2D eigenvalue weighted by atomic mass is 79.9. The van der Waals surface area contributed by atoms with Crippen LogP contribution in [0.5, 0.6) is 5.75 Å². The van der Waals surface area contributed by atoms with E-state index in [2.05, 4.69) is 26.2 Å². The summed E-state index contributed by atoms with van der Waals surface area (Å²) in [5.41, 5.74) is 0. The molecule has 1 heterocycles. The summed E-state index contributed by atoms with van der Waals surface area (Å²) < 4.78 is 6.02. The van der Waals surface area contributed by atoms with Gasteiger partial charge in [-0.3, -0.25) is 4.79 Å². The number of nitrogens with zero attached hydrogens (tertiary/aromatic N) is 1. The standard InChI is InChI=1S/C14H13BrN2O2S/c1-19-11-3-2-4-12(7-11)20-9-14(18)17-13-6-5-10(15)8-16-13/h2-8H,9H2,1H3,(H,16,17,18). The van der Waals surface area contributed by atoms with Crippen molar-refractivity contribution in [3.63, 3.8) is 0 Å². The van der Waals surface area contributed by atoms with Gasteiger partial charge >= 0.3 is 0 Å². The summed E-state index contributed by atoms with van der Waals surface area (Å²) in [5.74, 6) is 1.56. The largest absolute Gasteiger partial charge is 0.497 e. The lowest BCUT2D eigenvalue weighted by atomic mass is 10.3. The molecule has 104 valence electrons. The van der Waals surface area contributed by atoms with Crippen molar-refractivity contribution in [1.82, 2.24) is 4.98 Å². The molecule has 0 atom stereocenters. The molecule has 1 N–H and O–H groups in total. The molecule has 0 fully saturated rings. The van der Waals surface area contributed by atoms with E-state index in [1.807, 2.05) is 30.3 Å². The van der Waals surface area contributed by atoms with E-state index in [1.54, 1.807) is 19.4 Å². The molecule has 2 rings (SSSR count). The summed E-state index contributed by atoms with van der Waals surface area (Å²) in [7, 11) is 1.62. The minimum absolute atomic E-state index is 0.0901. The van der Waals surface area contributed by atoms with Crippen molar-refractivity contribution < 1.29 is 9.53 Å². The van der Waals surface area contributed by atoms with Crippen molar-refractivity contribution in [2.24, 2.45) is 0 Å². The van der Waals surface area contributed by atoms with Crippen molar-refractivity contribution >= 4 is 39.4 Å². The number of anilines is 1. The number of nitrogens with one attached hydrogen (secondary N) is 1. The van der Waals surface area contributed by atoms with Gasteiger partial charge in [-0.2, -0.15) is 0 Å². The van der Waals surface area contributed by atoms with Gasteiger partial charge in [0.15, 0.2) is 0 Å². The number of rotatable bonds is 5. The molecule has 0 saturated heterocycles. The monoisotopic (exact) mass is 352 g/mol. The lowest BCUT2D eigenvalue weighted by Crippen LogP contribution is -2.14. The number of halogens is 1. The van der Waals surface area contributed by atoms with Gasteiger partial charge in [0.1, 0.15) is 11.6 Å². The quantitative estimate of drug-likeness (QED) is 0.835. The molecule has 1 aromatic heterocycles. The van der Waals surface area contributed by atoms with E-state index in [-0.39, 0.29) is 5.91 Å². The third-order valence-electron chi connectivity index (χ3n) is 2.41. The van der Waals surface area contributed by atoms with Crippen molar-refractivity contribution in [2.45, 2.75) is 4.90 Å². The third-order valence-corrected chi connectivity index (χ3v) is 3.87. The average Bonchev–Trinajstić information content (AvgIpc) is 2.48. The molecule has 4 nitrogen and oxygen atoms in total. The van der Waals surface area contributed by atoms with E-state index in [4.69, 9.17) is 4.74 Å². The van der Waals surface area contributed by atoms with Crippen LogP contribution in [0.1, 0.15) is 0 Å². The second-order valence-electron chi connectivity index (χ2n) is 3.88. The number of pyridine rings is 1. The fourth-order valence-corrected chi connectivity index (χ4v) is 2.45. The Labute approximate surface area is 130 Å². The van der Waals surface area contributed by atoms with Crippen LogP contribution in [-0.4, -0.2) is 23.8 Å². The van der Waals surface area contributed by atoms with Crippen molar-refractivity contribution in [3.05, 3.63) is 47.1 Å². The summed E-state index contributed by atoms with van der Waals surface area (Å²) in [6, 6.07) is 11.2. The first-order chi connectivity index (χ1) is 9.67. The van der Waals surface area contributed by atoms with E-state index in [0.717, 1.165) is 15.1 Å². The number of hydrogen-bond acceptors (Lipinski definition) is 4. The molecule has 0 aliphatic carbocycles. The van der Waals surface area contributed by atoms with Crippen LogP contribution in [0.15, 0.2) is 52.0 Å². The molecule has 0 aliphatic heterocycles. The van der Waals surface area contributed by atoms with Gasteiger partial charge in [0.05, 0.1) is 12.9 Å². The SMILES string of the molecule is COc1cccc(SCC(=O)Nc2ccc(Br)cn2)c1. The number of methoxy groups -OCH3 is 1. The predicted molar refractivity (Wildman–Crippen MR) is 84.3 cm³/mol. The van der Waals surface area contributed by atoms with Crippen LogP contribution in [0.2, 0.25) is 0 Å². The summed E-state index contributed by atoms with van der Waals surface area (Å²) in [6.07, 6.45) is 1.64. The molecule has 0 unspecified atom stereocenters. The van der Waals surface area contributed by atoms with Gasteiger partial charge in [-0.25, -0.2) is 4.98 Å². The highest BCUT2D eigenvalue weighted by molar-refractivity contribution is 9.10. The van der Waals surface area contributed by atoms with Crippen LogP contribution in [0.25, 0.3) is 0 Å². The molecular weight excluding hydrogens is 340 g/mol. The minimum Gasteiger partial charge on any atom is -0.497 e. The van der Waals surface area contributed by atoms with Crippen LogP contribution >= 0.6 is 27.7 Å². The third kappa shape index (κ3) is 4.54. The number of thioether (sulfide) groups is 1. The molecule has 0 bridgehead atoms. The zero-order valence-electron chi connectivity index (χ0n) is 10.8. The Kier molecular flexibility index (Phi) is 5.43. The molecule has 2 aromatic rings. The Balaban J connectivity index is 1.87. The van der Waals surface area contributed by atoms with Crippen molar-refractivity contribution in [1.29, 1.82) is 0 Å². The van der Waals surface area contributed by atoms with E-state index in [1.165, 1.54) is 11.8 Å². The summed E-state index contributed by atoms with van der Waals surface area (Å²) >= 11 is 4.75. The Morgan fingerprint density at radius 3 is 2.95 bits per heavy atom.